The molecule has 0 saturated heterocycles. The van der Waals surface area contributed by atoms with Gasteiger partial charge in [-0.25, -0.2) is 0 Å². The van der Waals surface area contributed by atoms with Crippen LogP contribution in [0.4, 0.5) is 0 Å². The zero-order valence-electron chi connectivity index (χ0n) is 9.41. The van der Waals surface area contributed by atoms with Crippen LogP contribution in [0.5, 0.6) is 0 Å². The lowest BCUT2D eigenvalue weighted by atomic mass is 9.59. The van der Waals surface area contributed by atoms with E-state index < -0.39 is 0 Å². The summed E-state index contributed by atoms with van der Waals surface area (Å²) in [4.78, 5) is 0. The van der Waals surface area contributed by atoms with Gasteiger partial charge in [0.15, 0.2) is 0 Å². The predicted octanol–water partition coefficient (Wildman–Crippen LogP) is 4.25. The summed E-state index contributed by atoms with van der Waals surface area (Å²) in [6.07, 6.45) is 5.76. The first-order valence-corrected chi connectivity index (χ1v) is 5.34. The van der Waals surface area contributed by atoms with Crippen LogP contribution in [-0.2, 0) is 0 Å². The molecule has 0 heteroatoms. The summed E-state index contributed by atoms with van der Waals surface area (Å²) < 4.78 is 0. The van der Waals surface area contributed by atoms with Crippen molar-refractivity contribution in [1.82, 2.24) is 0 Å². The summed E-state index contributed by atoms with van der Waals surface area (Å²) in [7, 11) is 0. The van der Waals surface area contributed by atoms with Crippen molar-refractivity contribution in [3.05, 3.63) is 0 Å². The molecule has 1 fully saturated rings. The van der Waals surface area contributed by atoms with Crippen LogP contribution in [0.15, 0.2) is 0 Å². The molecule has 12 heavy (non-hydrogen) atoms. The molecule has 1 aliphatic carbocycles. The summed E-state index contributed by atoms with van der Waals surface area (Å²) in [6, 6.07) is 0. The molecule has 1 aliphatic rings. The van der Waals surface area contributed by atoms with Crippen LogP contribution in [0, 0.1) is 16.7 Å². The molecular formula is C12H24. The van der Waals surface area contributed by atoms with E-state index in [-0.39, 0.29) is 0 Å². The van der Waals surface area contributed by atoms with Gasteiger partial charge in [-0.3, -0.25) is 0 Å². The number of hydrogen-bond donors (Lipinski definition) is 0. The molecule has 0 nitrogen and oxygen atoms in total. The van der Waals surface area contributed by atoms with Crippen LogP contribution >= 0.6 is 0 Å². The van der Waals surface area contributed by atoms with E-state index in [9.17, 15) is 0 Å². The second kappa shape index (κ2) is 3.05. The van der Waals surface area contributed by atoms with Crippen molar-refractivity contribution in [2.75, 3.05) is 0 Å². The molecule has 1 rings (SSSR count). The van der Waals surface area contributed by atoms with Gasteiger partial charge in [0.1, 0.15) is 0 Å². The van der Waals surface area contributed by atoms with Gasteiger partial charge in [0.2, 0.25) is 0 Å². The van der Waals surface area contributed by atoms with Gasteiger partial charge < -0.3 is 0 Å². The second-order valence-electron chi connectivity index (χ2n) is 6.15. The van der Waals surface area contributed by atoms with Crippen molar-refractivity contribution in [2.45, 2.75) is 60.3 Å². The van der Waals surface area contributed by atoms with Crippen LogP contribution in [0.3, 0.4) is 0 Å². The monoisotopic (exact) mass is 168 g/mol. The van der Waals surface area contributed by atoms with E-state index in [0.29, 0.717) is 10.8 Å². The Morgan fingerprint density at radius 3 is 2.00 bits per heavy atom. The van der Waals surface area contributed by atoms with Crippen LogP contribution in [0.2, 0.25) is 0 Å². The van der Waals surface area contributed by atoms with E-state index in [2.05, 4.69) is 34.6 Å². The highest BCUT2D eigenvalue weighted by Gasteiger charge is 2.39. The Bertz CT molecular complexity index is 148. The van der Waals surface area contributed by atoms with Gasteiger partial charge in [0.05, 0.1) is 0 Å². The molecular weight excluding hydrogens is 144 g/mol. The van der Waals surface area contributed by atoms with Crippen LogP contribution in [0.1, 0.15) is 60.3 Å². The van der Waals surface area contributed by atoms with Crippen LogP contribution in [0.25, 0.3) is 0 Å². The third-order valence-corrected chi connectivity index (χ3v) is 3.55. The number of rotatable bonds is 0. The zero-order valence-corrected chi connectivity index (χ0v) is 9.41. The minimum absolute atomic E-state index is 0.504. The minimum atomic E-state index is 0.504. The van der Waals surface area contributed by atoms with E-state index in [4.69, 9.17) is 0 Å². The van der Waals surface area contributed by atoms with Crippen molar-refractivity contribution in [2.24, 2.45) is 16.7 Å². The Morgan fingerprint density at radius 1 is 1.08 bits per heavy atom. The Kier molecular flexibility index (Phi) is 2.56. The maximum absolute atomic E-state index is 2.45. The van der Waals surface area contributed by atoms with Gasteiger partial charge in [-0.15, -0.1) is 0 Å². The second-order valence-corrected chi connectivity index (χ2v) is 6.15. The lowest BCUT2D eigenvalue weighted by Gasteiger charge is -2.46. The average molecular weight is 168 g/mol. The molecule has 0 aromatic heterocycles. The summed E-state index contributed by atoms with van der Waals surface area (Å²) >= 11 is 0. The largest absolute Gasteiger partial charge is 0.0599 e. The first-order chi connectivity index (χ1) is 5.34. The maximum Gasteiger partial charge on any atom is -0.0314 e. The molecule has 0 heterocycles. The Hall–Kier alpha value is 0. The Morgan fingerprint density at radius 2 is 1.67 bits per heavy atom. The minimum Gasteiger partial charge on any atom is -0.0599 e. The molecule has 0 aromatic rings. The molecule has 0 amide bonds. The highest BCUT2D eigenvalue weighted by Crippen LogP contribution is 2.49. The summed E-state index contributed by atoms with van der Waals surface area (Å²) in [5.41, 5.74) is 1.08. The van der Waals surface area contributed by atoms with Crippen molar-refractivity contribution in [3.8, 4) is 0 Å². The lowest BCUT2D eigenvalue weighted by molar-refractivity contribution is 0.0413. The SMILES string of the molecule is CC(C)(C)C1CCCCC1(C)C. The molecule has 0 spiro atoms. The van der Waals surface area contributed by atoms with E-state index in [1.54, 1.807) is 0 Å². The summed E-state index contributed by atoms with van der Waals surface area (Å²) in [5.74, 6) is 0.916. The fourth-order valence-corrected chi connectivity index (χ4v) is 3.10. The van der Waals surface area contributed by atoms with Gasteiger partial charge in [0.25, 0.3) is 0 Å². The molecule has 1 unspecified atom stereocenters. The lowest BCUT2D eigenvalue weighted by Crippen LogP contribution is -2.36. The summed E-state index contributed by atoms with van der Waals surface area (Å²) in [6.45, 7) is 12.1. The van der Waals surface area contributed by atoms with E-state index in [1.807, 2.05) is 0 Å². The highest BCUT2D eigenvalue weighted by molar-refractivity contribution is 4.89. The first-order valence-electron chi connectivity index (χ1n) is 5.34. The molecule has 72 valence electrons. The molecule has 0 radical (unpaired) electrons. The van der Waals surface area contributed by atoms with Crippen molar-refractivity contribution in [1.29, 1.82) is 0 Å². The quantitative estimate of drug-likeness (QED) is 0.507. The van der Waals surface area contributed by atoms with E-state index >= 15 is 0 Å². The topological polar surface area (TPSA) is 0 Å². The number of hydrogen-bond acceptors (Lipinski definition) is 0. The first kappa shape index (κ1) is 10.1. The van der Waals surface area contributed by atoms with Crippen LogP contribution in [-0.4, -0.2) is 0 Å². The zero-order chi connectivity index (χ0) is 9.41. The maximum atomic E-state index is 2.45. The van der Waals surface area contributed by atoms with Crippen molar-refractivity contribution < 1.29 is 0 Å². The fraction of sp³-hybridized carbons (Fsp3) is 1.00. The standard InChI is InChI=1S/C12H24/c1-11(2,3)10-8-6-7-9-12(10,4)5/h10H,6-9H2,1-5H3. The Labute approximate surface area is 77.7 Å². The molecule has 0 aliphatic heterocycles. The Balaban J connectivity index is 2.73. The molecule has 1 atom stereocenters. The van der Waals surface area contributed by atoms with Crippen LogP contribution < -0.4 is 0 Å². The molecule has 0 N–H and O–H groups in total. The van der Waals surface area contributed by atoms with E-state index in [0.717, 1.165) is 5.92 Å². The molecule has 0 aromatic carbocycles. The van der Waals surface area contributed by atoms with Crippen molar-refractivity contribution >= 4 is 0 Å². The smallest absolute Gasteiger partial charge is 0.0314 e. The van der Waals surface area contributed by atoms with Crippen molar-refractivity contribution in [3.63, 3.8) is 0 Å². The normalized spacial score (nSPS) is 30.2. The van der Waals surface area contributed by atoms with Gasteiger partial charge >= 0.3 is 0 Å². The van der Waals surface area contributed by atoms with Gasteiger partial charge in [-0.05, 0) is 29.6 Å². The summed E-state index contributed by atoms with van der Waals surface area (Å²) in [5, 5.41) is 0. The van der Waals surface area contributed by atoms with Gasteiger partial charge in [-0.2, -0.15) is 0 Å². The van der Waals surface area contributed by atoms with Gasteiger partial charge in [-0.1, -0.05) is 47.5 Å². The fourth-order valence-electron chi connectivity index (χ4n) is 3.10. The average Bonchev–Trinajstić information content (AvgIpc) is 1.83. The third-order valence-electron chi connectivity index (χ3n) is 3.55. The highest BCUT2D eigenvalue weighted by atomic mass is 14.4. The molecule has 0 bridgehead atoms. The van der Waals surface area contributed by atoms with E-state index in [1.165, 1.54) is 25.7 Å². The molecule has 1 saturated carbocycles. The third kappa shape index (κ3) is 2.02. The van der Waals surface area contributed by atoms with Gasteiger partial charge in [0, 0.05) is 0 Å². The predicted molar refractivity (Wildman–Crippen MR) is 55.2 cm³/mol.